The summed E-state index contributed by atoms with van der Waals surface area (Å²) in [7, 11) is 0. The van der Waals surface area contributed by atoms with Crippen molar-refractivity contribution in [3.8, 4) is 0 Å². The number of nitrogens with zero attached hydrogens (tertiary/aromatic N) is 1. The predicted molar refractivity (Wildman–Crippen MR) is 45.3 cm³/mol. The Hall–Kier alpha value is -1.09. The monoisotopic (exact) mass is 185 g/mol. The minimum absolute atomic E-state index is 0.459. The van der Waals surface area contributed by atoms with E-state index in [4.69, 9.17) is 16.7 Å². The van der Waals surface area contributed by atoms with Gasteiger partial charge in [0.25, 0.3) is 0 Å². The van der Waals surface area contributed by atoms with E-state index in [9.17, 15) is 4.79 Å². The minimum atomic E-state index is -0.876. The van der Waals surface area contributed by atoms with Crippen LogP contribution in [0.2, 0.25) is 5.02 Å². The molecule has 0 amide bonds. The number of hydrogen-bond donors (Lipinski definition) is 1. The Morgan fingerprint density at radius 1 is 1.67 bits per heavy atom. The highest BCUT2D eigenvalue weighted by atomic mass is 35.5. The molecule has 0 spiro atoms. The van der Waals surface area contributed by atoms with Gasteiger partial charge in [-0.25, -0.2) is 0 Å². The van der Waals surface area contributed by atoms with Crippen molar-refractivity contribution in [2.45, 2.75) is 12.8 Å². The molecule has 1 aromatic rings. The van der Waals surface area contributed by atoms with Crippen molar-refractivity contribution in [3.05, 3.63) is 29.0 Å². The Balaban J connectivity index is 2.95. The lowest BCUT2D eigenvalue weighted by atomic mass is 10.0. The standard InChI is InChI=1S/C8H8ClNO2/c1-5(8(11)12)6-2-7(9)4-10-3-6/h2-5H,1H3,(H,11,12). The van der Waals surface area contributed by atoms with Gasteiger partial charge in [0.15, 0.2) is 0 Å². The molecule has 1 heterocycles. The summed E-state index contributed by atoms with van der Waals surface area (Å²) in [5.41, 5.74) is 0.620. The summed E-state index contributed by atoms with van der Waals surface area (Å²) in [5.74, 6) is -1.43. The fraction of sp³-hybridized carbons (Fsp3) is 0.250. The summed E-state index contributed by atoms with van der Waals surface area (Å²) in [5, 5.41) is 9.11. The van der Waals surface area contributed by atoms with E-state index in [-0.39, 0.29) is 0 Å². The van der Waals surface area contributed by atoms with Gasteiger partial charge in [-0.2, -0.15) is 0 Å². The number of halogens is 1. The van der Waals surface area contributed by atoms with Gasteiger partial charge >= 0.3 is 5.97 Å². The number of rotatable bonds is 2. The maximum Gasteiger partial charge on any atom is 0.310 e. The van der Waals surface area contributed by atoms with Crippen LogP contribution in [0.5, 0.6) is 0 Å². The lowest BCUT2D eigenvalue weighted by Gasteiger charge is -2.04. The second kappa shape index (κ2) is 3.54. The highest BCUT2D eigenvalue weighted by Gasteiger charge is 2.13. The molecule has 0 aliphatic heterocycles. The van der Waals surface area contributed by atoms with Crippen LogP contribution in [0.3, 0.4) is 0 Å². The first kappa shape index (κ1) is 9.00. The molecular weight excluding hydrogens is 178 g/mol. The number of aliphatic carboxylic acids is 1. The van der Waals surface area contributed by atoms with Gasteiger partial charge in [-0.15, -0.1) is 0 Å². The molecule has 0 aliphatic carbocycles. The van der Waals surface area contributed by atoms with Gasteiger partial charge in [-0.05, 0) is 18.6 Å². The summed E-state index contributed by atoms with van der Waals surface area (Å²) >= 11 is 5.64. The van der Waals surface area contributed by atoms with Gasteiger partial charge in [-0.1, -0.05) is 11.6 Å². The number of carboxylic acids is 1. The van der Waals surface area contributed by atoms with Gasteiger partial charge in [0.05, 0.1) is 10.9 Å². The van der Waals surface area contributed by atoms with E-state index in [1.54, 1.807) is 13.0 Å². The van der Waals surface area contributed by atoms with E-state index in [0.29, 0.717) is 10.6 Å². The van der Waals surface area contributed by atoms with Crippen LogP contribution in [0.1, 0.15) is 18.4 Å². The third-order valence-electron chi connectivity index (χ3n) is 1.60. The van der Waals surface area contributed by atoms with Crippen LogP contribution in [0.25, 0.3) is 0 Å². The first-order valence-electron chi connectivity index (χ1n) is 3.44. The molecule has 0 saturated carbocycles. The summed E-state index contributed by atoms with van der Waals surface area (Å²) in [4.78, 5) is 14.3. The molecule has 3 nitrogen and oxygen atoms in total. The Morgan fingerprint density at radius 3 is 2.83 bits per heavy atom. The largest absolute Gasteiger partial charge is 0.481 e. The smallest absolute Gasteiger partial charge is 0.310 e. The molecule has 1 N–H and O–H groups in total. The van der Waals surface area contributed by atoms with Gasteiger partial charge < -0.3 is 5.11 Å². The van der Waals surface area contributed by atoms with E-state index in [0.717, 1.165) is 0 Å². The average molecular weight is 186 g/mol. The molecule has 0 saturated heterocycles. The van der Waals surface area contributed by atoms with Crippen molar-refractivity contribution >= 4 is 17.6 Å². The summed E-state index contributed by atoms with van der Waals surface area (Å²) < 4.78 is 0. The molecule has 0 radical (unpaired) electrons. The highest BCUT2D eigenvalue weighted by Crippen LogP contribution is 2.17. The summed E-state index contributed by atoms with van der Waals surface area (Å²) in [6, 6.07) is 1.60. The van der Waals surface area contributed by atoms with Crippen LogP contribution in [-0.2, 0) is 4.79 Å². The van der Waals surface area contributed by atoms with E-state index < -0.39 is 11.9 Å². The number of carbonyl (C=O) groups is 1. The molecule has 1 unspecified atom stereocenters. The molecule has 0 aliphatic rings. The Labute approximate surface area is 75.0 Å². The van der Waals surface area contributed by atoms with Gasteiger partial charge in [0, 0.05) is 12.4 Å². The molecule has 0 aromatic carbocycles. The van der Waals surface area contributed by atoms with Crippen LogP contribution < -0.4 is 0 Å². The molecule has 1 atom stereocenters. The second-order valence-corrected chi connectivity index (χ2v) is 2.93. The van der Waals surface area contributed by atoms with Crippen LogP contribution in [-0.4, -0.2) is 16.1 Å². The average Bonchev–Trinajstić information content (AvgIpc) is 2.03. The maximum absolute atomic E-state index is 10.5. The van der Waals surface area contributed by atoms with Crippen molar-refractivity contribution in [3.63, 3.8) is 0 Å². The zero-order chi connectivity index (χ0) is 9.14. The molecule has 1 rings (SSSR count). The first-order valence-corrected chi connectivity index (χ1v) is 3.82. The molecule has 4 heteroatoms. The molecular formula is C8H8ClNO2. The molecule has 64 valence electrons. The SMILES string of the molecule is CC(C(=O)O)c1cncc(Cl)c1. The maximum atomic E-state index is 10.5. The molecule has 0 bridgehead atoms. The van der Waals surface area contributed by atoms with Crippen molar-refractivity contribution in [2.75, 3.05) is 0 Å². The minimum Gasteiger partial charge on any atom is -0.481 e. The van der Waals surface area contributed by atoms with Crippen molar-refractivity contribution in [2.24, 2.45) is 0 Å². The number of carboxylic acid groups (broad SMARTS) is 1. The Kier molecular flexibility index (Phi) is 2.65. The van der Waals surface area contributed by atoms with Crippen LogP contribution in [0.15, 0.2) is 18.5 Å². The normalized spacial score (nSPS) is 12.5. The zero-order valence-electron chi connectivity index (χ0n) is 6.49. The molecule has 0 fully saturated rings. The van der Waals surface area contributed by atoms with Crippen molar-refractivity contribution < 1.29 is 9.90 Å². The molecule has 12 heavy (non-hydrogen) atoms. The van der Waals surface area contributed by atoms with Gasteiger partial charge in [0.2, 0.25) is 0 Å². The second-order valence-electron chi connectivity index (χ2n) is 2.50. The molecule has 1 aromatic heterocycles. The zero-order valence-corrected chi connectivity index (χ0v) is 7.25. The third-order valence-corrected chi connectivity index (χ3v) is 1.80. The third kappa shape index (κ3) is 1.95. The highest BCUT2D eigenvalue weighted by molar-refractivity contribution is 6.30. The van der Waals surface area contributed by atoms with Crippen molar-refractivity contribution in [1.29, 1.82) is 0 Å². The summed E-state index contributed by atoms with van der Waals surface area (Å²) in [6.45, 7) is 1.59. The van der Waals surface area contributed by atoms with E-state index in [1.807, 2.05) is 0 Å². The van der Waals surface area contributed by atoms with E-state index >= 15 is 0 Å². The lowest BCUT2D eigenvalue weighted by Crippen LogP contribution is -2.07. The van der Waals surface area contributed by atoms with E-state index in [1.165, 1.54) is 12.4 Å². The fourth-order valence-corrected chi connectivity index (χ4v) is 0.990. The summed E-state index contributed by atoms with van der Waals surface area (Å²) in [6.07, 6.45) is 2.98. The van der Waals surface area contributed by atoms with Crippen molar-refractivity contribution in [1.82, 2.24) is 4.98 Å². The Morgan fingerprint density at radius 2 is 2.33 bits per heavy atom. The fourth-order valence-electron chi connectivity index (χ4n) is 0.808. The quantitative estimate of drug-likeness (QED) is 0.766. The number of pyridine rings is 1. The lowest BCUT2D eigenvalue weighted by molar-refractivity contribution is -0.138. The van der Waals surface area contributed by atoms with Crippen LogP contribution in [0, 0.1) is 0 Å². The predicted octanol–water partition coefficient (Wildman–Crippen LogP) is 1.92. The van der Waals surface area contributed by atoms with Gasteiger partial charge in [0.1, 0.15) is 0 Å². The Bertz CT molecular complexity index is 301. The van der Waals surface area contributed by atoms with Crippen LogP contribution in [0.4, 0.5) is 0 Å². The van der Waals surface area contributed by atoms with Crippen LogP contribution >= 0.6 is 11.6 Å². The van der Waals surface area contributed by atoms with E-state index in [2.05, 4.69) is 4.98 Å². The van der Waals surface area contributed by atoms with Gasteiger partial charge in [-0.3, -0.25) is 9.78 Å². The topological polar surface area (TPSA) is 50.2 Å². The first-order chi connectivity index (χ1) is 5.61. The number of hydrogen-bond acceptors (Lipinski definition) is 2. The number of aromatic nitrogens is 1.